The molecule has 4 nitrogen and oxygen atoms in total. The van der Waals surface area contributed by atoms with Crippen molar-refractivity contribution in [2.24, 2.45) is 0 Å². The van der Waals surface area contributed by atoms with Crippen LogP contribution >= 0.6 is 0 Å². The minimum Gasteiger partial charge on any atom is -0.485 e. The van der Waals surface area contributed by atoms with Gasteiger partial charge in [-0.2, -0.15) is 0 Å². The third-order valence-electron chi connectivity index (χ3n) is 2.63. The second kappa shape index (κ2) is 5.97. The highest BCUT2D eigenvalue weighted by molar-refractivity contribution is 5.97. The Balaban J connectivity index is 2.12. The number of benzene rings is 2. The number of aromatic carboxylic acids is 1. The second-order valence-corrected chi connectivity index (χ2v) is 4.02. The summed E-state index contributed by atoms with van der Waals surface area (Å²) in [5.74, 6) is -2.31. The predicted octanol–water partition coefficient (Wildman–Crippen LogP) is 2.79. The lowest BCUT2D eigenvalue weighted by molar-refractivity contribution is 0.0688. The fourth-order valence-corrected chi connectivity index (χ4v) is 1.65. The van der Waals surface area contributed by atoms with E-state index in [4.69, 9.17) is 9.84 Å². The zero-order chi connectivity index (χ0) is 14.5. The monoisotopic (exact) mass is 274 g/mol. The number of Topliss-reactive ketones (excluding diaryl/α,β-unsaturated/α-hetero) is 1. The van der Waals surface area contributed by atoms with E-state index in [1.165, 1.54) is 6.07 Å². The average Bonchev–Trinajstić information content (AvgIpc) is 2.46. The first-order valence-corrected chi connectivity index (χ1v) is 5.82. The first-order valence-electron chi connectivity index (χ1n) is 5.82. The summed E-state index contributed by atoms with van der Waals surface area (Å²) >= 11 is 0. The molecule has 0 aliphatic heterocycles. The van der Waals surface area contributed by atoms with Crippen molar-refractivity contribution in [2.75, 3.05) is 6.61 Å². The average molecular weight is 274 g/mol. The minimum absolute atomic E-state index is 0.0387. The zero-order valence-corrected chi connectivity index (χ0v) is 10.4. The number of rotatable bonds is 5. The Morgan fingerprint density at radius 1 is 1.10 bits per heavy atom. The van der Waals surface area contributed by atoms with Crippen LogP contribution in [0.3, 0.4) is 0 Å². The quantitative estimate of drug-likeness (QED) is 0.851. The zero-order valence-electron chi connectivity index (χ0n) is 10.4. The smallest absolute Gasteiger partial charge is 0.339 e. The molecule has 0 saturated heterocycles. The van der Waals surface area contributed by atoms with E-state index in [9.17, 15) is 14.0 Å². The molecular formula is C15H11FO4. The van der Waals surface area contributed by atoms with Crippen LogP contribution in [0.5, 0.6) is 5.75 Å². The van der Waals surface area contributed by atoms with Crippen molar-refractivity contribution in [1.29, 1.82) is 0 Å². The van der Waals surface area contributed by atoms with Crippen molar-refractivity contribution in [3.63, 3.8) is 0 Å². The molecule has 0 amide bonds. The van der Waals surface area contributed by atoms with Gasteiger partial charge in [0.05, 0.1) is 0 Å². The van der Waals surface area contributed by atoms with Gasteiger partial charge >= 0.3 is 5.97 Å². The molecule has 0 aromatic heterocycles. The summed E-state index contributed by atoms with van der Waals surface area (Å²) in [6.45, 7) is -0.310. The standard InChI is InChI=1S/C15H11FO4/c16-11-6-7-14(12(8-11)15(18)19)20-9-13(17)10-4-2-1-3-5-10/h1-8H,9H2,(H,18,19). The van der Waals surface area contributed by atoms with Crippen LogP contribution in [0, 0.1) is 5.82 Å². The van der Waals surface area contributed by atoms with Crippen molar-refractivity contribution in [1.82, 2.24) is 0 Å². The summed E-state index contributed by atoms with van der Waals surface area (Å²) < 4.78 is 18.2. The van der Waals surface area contributed by atoms with E-state index >= 15 is 0 Å². The van der Waals surface area contributed by atoms with Gasteiger partial charge in [-0.05, 0) is 18.2 Å². The number of hydrogen-bond donors (Lipinski definition) is 1. The first kappa shape index (κ1) is 13.7. The van der Waals surface area contributed by atoms with Gasteiger partial charge in [0.1, 0.15) is 17.1 Å². The lowest BCUT2D eigenvalue weighted by Gasteiger charge is -2.08. The number of carbonyl (C=O) groups is 2. The number of carboxylic acid groups (broad SMARTS) is 1. The largest absolute Gasteiger partial charge is 0.485 e. The molecular weight excluding hydrogens is 263 g/mol. The summed E-state index contributed by atoms with van der Waals surface area (Å²) in [6.07, 6.45) is 0. The summed E-state index contributed by atoms with van der Waals surface area (Å²) in [5, 5.41) is 8.94. The topological polar surface area (TPSA) is 63.6 Å². The maximum Gasteiger partial charge on any atom is 0.339 e. The third kappa shape index (κ3) is 3.20. The molecule has 20 heavy (non-hydrogen) atoms. The Labute approximate surface area is 114 Å². The van der Waals surface area contributed by atoms with Gasteiger partial charge in [-0.25, -0.2) is 9.18 Å². The molecule has 0 radical (unpaired) electrons. The van der Waals surface area contributed by atoms with Gasteiger partial charge in [0.15, 0.2) is 12.4 Å². The highest BCUT2D eigenvalue weighted by Gasteiger charge is 2.14. The SMILES string of the molecule is O=C(COc1ccc(F)cc1C(=O)O)c1ccccc1. The molecule has 2 aromatic carbocycles. The summed E-state index contributed by atoms with van der Waals surface area (Å²) in [5.41, 5.74) is 0.150. The van der Waals surface area contributed by atoms with Gasteiger partial charge < -0.3 is 9.84 Å². The molecule has 0 bridgehead atoms. The molecule has 0 spiro atoms. The molecule has 0 heterocycles. The van der Waals surface area contributed by atoms with Crippen LogP contribution in [0.15, 0.2) is 48.5 Å². The van der Waals surface area contributed by atoms with Crippen LogP contribution in [-0.4, -0.2) is 23.5 Å². The van der Waals surface area contributed by atoms with Crippen molar-refractivity contribution in [2.45, 2.75) is 0 Å². The van der Waals surface area contributed by atoms with Crippen molar-refractivity contribution < 1.29 is 23.8 Å². The van der Waals surface area contributed by atoms with Crippen molar-refractivity contribution in [3.05, 3.63) is 65.5 Å². The van der Waals surface area contributed by atoms with Crippen molar-refractivity contribution in [3.8, 4) is 5.75 Å². The van der Waals surface area contributed by atoms with E-state index in [0.717, 1.165) is 12.1 Å². The predicted molar refractivity (Wildman–Crippen MR) is 69.6 cm³/mol. The molecule has 0 atom stereocenters. The van der Waals surface area contributed by atoms with Gasteiger partial charge in [-0.15, -0.1) is 0 Å². The van der Waals surface area contributed by atoms with Gasteiger partial charge in [-0.3, -0.25) is 4.79 Å². The molecule has 2 aromatic rings. The Morgan fingerprint density at radius 3 is 2.45 bits per heavy atom. The van der Waals surface area contributed by atoms with E-state index in [0.29, 0.717) is 5.56 Å². The number of halogens is 1. The molecule has 0 unspecified atom stereocenters. The Bertz CT molecular complexity index is 638. The third-order valence-corrected chi connectivity index (χ3v) is 2.63. The van der Waals surface area contributed by atoms with Crippen LogP contribution < -0.4 is 4.74 Å². The number of carbonyl (C=O) groups excluding carboxylic acids is 1. The van der Waals surface area contributed by atoms with Crippen LogP contribution in [0.25, 0.3) is 0 Å². The molecule has 5 heteroatoms. The molecule has 0 aliphatic rings. The Morgan fingerprint density at radius 2 is 1.80 bits per heavy atom. The molecule has 0 aliphatic carbocycles. The summed E-state index contributed by atoms with van der Waals surface area (Å²) in [6, 6.07) is 11.6. The van der Waals surface area contributed by atoms with E-state index < -0.39 is 11.8 Å². The van der Waals surface area contributed by atoms with Gasteiger partial charge in [0.25, 0.3) is 0 Å². The van der Waals surface area contributed by atoms with Crippen LogP contribution in [0.4, 0.5) is 4.39 Å². The second-order valence-electron chi connectivity index (χ2n) is 4.02. The van der Waals surface area contributed by atoms with Crippen LogP contribution in [0.2, 0.25) is 0 Å². The van der Waals surface area contributed by atoms with Gasteiger partial charge in [0.2, 0.25) is 0 Å². The maximum absolute atomic E-state index is 13.0. The number of hydrogen-bond acceptors (Lipinski definition) is 3. The molecule has 0 saturated carbocycles. The van der Waals surface area contributed by atoms with Crippen LogP contribution in [-0.2, 0) is 0 Å². The maximum atomic E-state index is 13.0. The van der Waals surface area contributed by atoms with Crippen molar-refractivity contribution >= 4 is 11.8 Å². The van der Waals surface area contributed by atoms with E-state index in [2.05, 4.69) is 0 Å². The fourth-order valence-electron chi connectivity index (χ4n) is 1.65. The highest BCUT2D eigenvalue weighted by Crippen LogP contribution is 2.20. The molecule has 102 valence electrons. The van der Waals surface area contributed by atoms with E-state index in [1.54, 1.807) is 30.3 Å². The van der Waals surface area contributed by atoms with Gasteiger partial charge in [0, 0.05) is 5.56 Å². The summed E-state index contributed by atoms with van der Waals surface area (Å²) in [7, 11) is 0. The molecule has 2 rings (SSSR count). The first-order chi connectivity index (χ1) is 9.58. The van der Waals surface area contributed by atoms with Gasteiger partial charge in [-0.1, -0.05) is 30.3 Å². The summed E-state index contributed by atoms with van der Waals surface area (Å²) in [4.78, 5) is 22.8. The minimum atomic E-state index is -1.31. The number of ketones is 1. The Hall–Kier alpha value is -2.69. The highest BCUT2D eigenvalue weighted by atomic mass is 19.1. The number of carboxylic acids is 1. The molecule has 1 N–H and O–H groups in total. The Kier molecular flexibility index (Phi) is 4.10. The number of ether oxygens (including phenoxy) is 1. The lowest BCUT2D eigenvalue weighted by atomic mass is 10.1. The van der Waals surface area contributed by atoms with E-state index in [-0.39, 0.29) is 23.7 Å². The fraction of sp³-hybridized carbons (Fsp3) is 0.0667. The van der Waals surface area contributed by atoms with Crippen LogP contribution in [0.1, 0.15) is 20.7 Å². The van der Waals surface area contributed by atoms with E-state index in [1.807, 2.05) is 0 Å². The lowest BCUT2D eigenvalue weighted by Crippen LogP contribution is -2.13. The normalized spacial score (nSPS) is 10.1. The molecule has 0 fully saturated rings.